The number of unbranched alkanes of at least 4 members (excludes halogenated alkanes) is 6. The summed E-state index contributed by atoms with van der Waals surface area (Å²) in [6, 6.07) is 0. The first kappa shape index (κ1) is 25.3. The molecule has 0 amide bonds. The Bertz CT molecular complexity index is 466. The Kier molecular flexibility index (Phi) is 14.1. The Hall–Kier alpha value is -0.960. The van der Waals surface area contributed by atoms with Gasteiger partial charge in [-0.1, -0.05) is 102 Å². The molecule has 0 aromatic rings. The van der Waals surface area contributed by atoms with Crippen LogP contribution in [0.4, 0.5) is 0 Å². The molecule has 170 valence electrons. The molecule has 0 heteroatoms. The normalized spacial score (nSPS) is 27.4. The summed E-state index contributed by atoms with van der Waals surface area (Å²) < 4.78 is 0. The van der Waals surface area contributed by atoms with Crippen molar-refractivity contribution in [2.75, 3.05) is 0 Å². The summed E-state index contributed by atoms with van der Waals surface area (Å²) in [7, 11) is 0. The zero-order chi connectivity index (χ0) is 21.3. The highest BCUT2D eigenvalue weighted by Crippen LogP contribution is 2.33. The van der Waals surface area contributed by atoms with Crippen LogP contribution in [0.1, 0.15) is 129 Å². The Morgan fingerprint density at radius 2 is 0.933 bits per heavy atom. The molecule has 0 unspecified atom stereocenters. The summed E-state index contributed by atoms with van der Waals surface area (Å²) in [6.45, 7) is 4.61. The smallest absolute Gasteiger partial charge is 0.0153 e. The van der Waals surface area contributed by atoms with E-state index in [4.69, 9.17) is 0 Å². The fraction of sp³-hybridized carbons (Fsp3) is 0.800. The van der Waals surface area contributed by atoms with E-state index >= 15 is 0 Å². The van der Waals surface area contributed by atoms with Gasteiger partial charge in [-0.25, -0.2) is 0 Å². The summed E-state index contributed by atoms with van der Waals surface area (Å²) in [5.41, 5.74) is 0. The first-order valence-electron chi connectivity index (χ1n) is 13.7. The van der Waals surface area contributed by atoms with Crippen LogP contribution in [0.3, 0.4) is 0 Å². The largest absolute Gasteiger partial charge is 0.0730 e. The van der Waals surface area contributed by atoms with E-state index in [9.17, 15) is 0 Å². The number of rotatable bonds is 12. The van der Waals surface area contributed by atoms with Crippen LogP contribution in [0.5, 0.6) is 0 Å². The van der Waals surface area contributed by atoms with Gasteiger partial charge in [-0.15, -0.1) is 0 Å². The lowest BCUT2D eigenvalue weighted by atomic mass is 9.79. The molecule has 0 saturated heterocycles. The molecular weight excluding hydrogens is 360 g/mol. The highest BCUT2D eigenvalue weighted by Gasteiger charge is 2.19. The summed E-state index contributed by atoms with van der Waals surface area (Å²) in [5.74, 6) is 10.1. The molecule has 0 aliphatic heterocycles. The van der Waals surface area contributed by atoms with Crippen LogP contribution in [0.15, 0.2) is 24.3 Å². The Labute approximate surface area is 189 Å². The maximum Gasteiger partial charge on any atom is -0.0153 e. The zero-order valence-electron chi connectivity index (χ0n) is 20.3. The van der Waals surface area contributed by atoms with Gasteiger partial charge in [0.25, 0.3) is 0 Å². The molecule has 0 heterocycles. The topological polar surface area (TPSA) is 0 Å². The van der Waals surface area contributed by atoms with Crippen molar-refractivity contribution in [3.8, 4) is 11.8 Å². The predicted molar refractivity (Wildman–Crippen MR) is 134 cm³/mol. The van der Waals surface area contributed by atoms with E-state index < -0.39 is 0 Å². The minimum absolute atomic E-state index is 0.780. The van der Waals surface area contributed by atoms with Crippen molar-refractivity contribution < 1.29 is 0 Å². The van der Waals surface area contributed by atoms with Crippen LogP contribution in [0, 0.1) is 35.5 Å². The van der Waals surface area contributed by atoms with Crippen molar-refractivity contribution in [2.24, 2.45) is 23.7 Å². The SMILES string of the molecule is CCCCCC[C@H]1CC[C@H](/C=C/C#C/C=C/[C@H]2CC[C@H](CCCCCC)CC2)CC1. The molecule has 2 saturated carbocycles. The van der Waals surface area contributed by atoms with Gasteiger partial charge in [0.1, 0.15) is 0 Å². The Morgan fingerprint density at radius 3 is 1.30 bits per heavy atom. The van der Waals surface area contributed by atoms with E-state index in [1.165, 1.54) is 116 Å². The first-order chi connectivity index (χ1) is 14.8. The molecule has 0 spiro atoms. The van der Waals surface area contributed by atoms with Crippen LogP contribution in [0.25, 0.3) is 0 Å². The van der Waals surface area contributed by atoms with Gasteiger partial charge in [-0.3, -0.25) is 0 Å². The van der Waals surface area contributed by atoms with E-state index in [0.29, 0.717) is 0 Å². The van der Waals surface area contributed by atoms with Gasteiger partial charge in [0.15, 0.2) is 0 Å². The molecule has 2 fully saturated rings. The fourth-order valence-electron chi connectivity index (χ4n) is 5.52. The van der Waals surface area contributed by atoms with Gasteiger partial charge < -0.3 is 0 Å². The molecule has 2 aliphatic rings. The molecule has 0 nitrogen and oxygen atoms in total. The number of hydrogen-bond acceptors (Lipinski definition) is 0. The molecule has 0 aromatic heterocycles. The molecule has 30 heavy (non-hydrogen) atoms. The van der Waals surface area contributed by atoms with Crippen molar-refractivity contribution in [3.63, 3.8) is 0 Å². The minimum atomic E-state index is 0.780. The highest BCUT2D eigenvalue weighted by molar-refractivity contribution is 5.24. The Morgan fingerprint density at radius 1 is 0.533 bits per heavy atom. The van der Waals surface area contributed by atoms with Gasteiger partial charge in [0.2, 0.25) is 0 Å². The minimum Gasteiger partial charge on any atom is -0.0730 e. The lowest BCUT2D eigenvalue weighted by Crippen LogP contribution is -2.13. The second kappa shape index (κ2) is 16.7. The molecule has 0 radical (unpaired) electrons. The second-order valence-corrected chi connectivity index (χ2v) is 10.3. The van der Waals surface area contributed by atoms with Crippen molar-refractivity contribution in [2.45, 2.75) is 129 Å². The predicted octanol–water partition coefficient (Wildman–Crippen LogP) is 9.66. The van der Waals surface area contributed by atoms with Crippen LogP contribution in [-0.4, -0.2) is 0 Å². The van der Waals surface area contributed by atoms with E-state index in [1.54, 1.807) is 0 Å². The van der Waals surface area contributed by atoms with Gasteiger partial charge in [-0.2, -0.15) is 0 Å². The van der Waals surface area contributed by atoms with E-state index in [-0.39, 0.29) is 0 Å². The maximum absolute atomic E-state index is 3.26. The number of allylic oxidation sites excluding steroid dienone is 4. The van der Waals surface area contributed by atoms with E-state index in [2.05, 4.69) is 50.0 Å². The molecule has 0 N–H and O–H groups in total. The molecule has 2 rings (SSSR count). The summed E-state index contributed by atoms with van der Waals surface area (Å²) in [6.07, 6.45) is 34.6. The van der Waals surface area contributed by atoms with Crippen LogP contribution in [0.2, 0.25) is 0 Å². The zero-order valence-corrected chi connectivity index (χ0v) is 20.3. The monoisotopic (exact) mass is 410 g/mol. The van der Waals surface area contributed by atoms with Crippen LogP contribution >= 0.6 is 0 Å². The standard InChI is InChI=1S/C30H50/c1-3-5-7-11-15-27-19-23-29(24-20-27)17-13-9-10-14-18-30-25-21-28(22-26-30)16-12-8-6-4-2/h13-14,17-18,27-30H,3-8,11-12,15-16,19-26H2,1-2H3/b17-13+,18-14+/t27-,28-,29-,30-. The van der Waals surface area contributed by atoms with Gasteiger partial charge in [0.05, 0.1) is 0 Å². The summed E-state index contributed by atoms with van der Waals surface area (Å²) >= 11 is 0. The van der Waals surface area contributed by atoms with Crippen molar-refractivity contribution in [3.05, 3.63) is 24.3 Å². The van der Waals surface area contributed by atoms with Crippen molar-refractivity contribution >= 4 is 0 Å². The average Bonchev–Trinajstić information content (AvgIpc) is 2.78. The van der Waals surface area contributed by atoms with E-state index in [1.807, 2.05) is 0 Å². The molecular formula is C30H50. The van der Waals surface area contributed by atoms with E-state index in [0.717, 1.165) is 23.7 Å². The third kappa shape index (κ3) is 11.4. The third-order valence-corrected chi connectivity index (χ3v) is 7.70. The third-order valence-electron chi connectivity index (χ3n) is 7.70. The summed E-state index contributed by atoms with van der Waals surface area (Å²) in [4.78, 5) is 0. The lowest BCUT2D eigenvalue weighted by molar-refractivity contribution is 0.289. The van der Waals surface area contributed by atoms with Gasteiger partial charge >= 0.3 is 0 Å². The molecule has 0 atom stereocenters. The van der Waals surface area contributed by atoms with Crippen LogP contribution in [-0.2, 0) is 0 Å². The van der Waals surface area contributed by atoms with Crippen molar-refractivity contribution in [1.29, 1.82) is 0 Å². The van der Waals surface area contributed by atoms with Crippen molar-refractivity contribution in [1.82, 2.24) is 0 Å². The molecule has 0 aromatic carbocycles. The maximum atomic E-state index is 3.26. The molecule has 0 bridgehead atoms. The van der Waals surface area contributed by atoms with Gasteiger partial charge in [0, 0.05) is 0 Å². The first-order valence-corrected chi connectivity index (χ1v) is 13.7. The number of hydrogen-bond donors (Lipinski definition) is 0. The van der Waals surface area contributed by atoms with Gasteiger partial charge in [-0.05, 0) is 87.2 Å². The fourth-order valence-corrected chi connectivity index (χ4v) is 5.52. The Balaban J connectivity index is 1.53. The highest BCUT2D eigenvalue weighted by atomic mass is 14.2. The lowest BCUT2D eigenvalue weighted by Gasteiger charge is -2.26. The molecule has 2 aliphatic carbocycles. The summed E-state index contributed by atoms with van der Waals surface area (Å²) in [5, 5.41) is 0. The quantitative estimate of drug-likeness (QED) is 0.222. The average molecular weight is 411 g/mol. The van der Waals surface area contributed by atoms with Crippen LogP contribution < -0.4 is 0 Å². The second-order valence-electron chi connectivity index (χ2n) is 10.3.